The Morgan fingerprint density at radius 1 is 1.29 bits per heavy atom. The third-order valence-electron chi connectivity index (χ3n) is 3.54. The minimum Gasteiger partial charge on any atom is -0.355 e. The maximum absolute atomic E-state index is 11.8. The van der Waals surface area contributed by atoms with Crippen molar-refractivity contribution in [2.75, 3.05) is 39.3 Å². The molecule has 1 rings (SSSR count). The van der Waals surface area contributed by atoms with Crippen LogP contribution in [0.5, 0.6) is 0 Å². The predicted octanol–water partition coefficient (Wildman–Crippen LogP) is 0.834. The van der Waals surface area contributed by atoms with Gasteiger partial charge < -0.3 is 10.6 Å². The first-order valence-corrected chi connectivity index (χ1v) is 6.96. The second-order valence-corrected chi connectivity index (χ2v) is 4.87. The molecule has 0 aromatic rings. The highest BCUT2D eigenvalue weighted by Gasteiger charge is 2.13. The van der Waals surface area contributed by atoms with Crippen molar-refractivity contribution in [3.8, 4) is 0 Å². The van der Waals surface area contributed by atoms with Crippen LogP contribution in [-0.2, 0) is 4.79 Å². The molecule has 4 nitrogen and oxygen atoms in total. The van der Waals surface area contributed by atoms with Gasteiger partial charge in [-0.25, -0.2) is 0 Å². The predicted molar refractivity (Wildman–Crippen MR) is 71.0 cm³/mol. The van der Waals surface area contributed by atoms with E-state index < -0.39 is 0 Å². The van der Waals surface area contributed by atoms with Gasteiger partial charge in [0.2, 0.25) is 5.91 Å². The molecule has 100 valence electrons. The van der Waals surface area contributed by atoms with Crippen LogP contribution in [-0.4, -0.2) is 50.1 Å². The Bertz CT molecular complexity index is 209. The van der Waals surface area contributed by atoms with Crippen molar-refractivity contribution >= 4 is 5.91 Å². The molecular formula is C13H27N3O. The topological polar surface area (TPSA) is 44.4 Å². The SMILES string of the molecule is CCC(CC)CNC(=O)CN1CCCNCC1. The van der Waals surface area contributed by atoms with E-state index in [-0.39, 0.29) is 5.91 Å². The molecule has 0 aromatic carbocycles. The highest BCUT2D eigenvalue weighted by Crippen LogP contribution is 2.05. The summed E-state index contributed by atoms with van der Waals surface area (Å²) in [5, 5.41) is 6.40. The van der Waals surface area contributed by atoms with Gasteiger partial charge in [-0.1, -0.05) is 26.7 Å². The van der Waals surface area contributed by atoms with E-state index in [2.05, 4.69) is 29.4 Å². The van der Waals surface area contributed by atoms with E-state index in [4.69, 9.17) is 0 Å². The number of rotatable bonds is 6. The van der Waals surface area contributed by atoms with E-state index in [1.807, 2.05) is 0 Å². The van der Waals surface area contributed by atoms with Gasteiger partial charge in [-0.3, -0.25) is 9.69 Å². The summed E-state index contributed by atoms with van der Waals surface area (Å²) < 4.78 is 0. The third kappa shape index (κ3) is 6.03. The van der Waals surface area contributed by atoms with Crippen LogP contribution in [0.2, 0.25) is 0 Å². The van der Waals surface area contributed by atoms with Gasteiger partial charge in [0.15, 0.2) is 0 Å². The van der Waals surface area contributed by atoms with Gasteiger partial charge in [0, 0.05) is 19.6 Å². The molecule has 0 saturated carbocycles. The van der Waals surface area contributed by atoms with E-state index in [0.717, 1.165) is 52.0 Å². The Labute approximate surface area is 105 Å². The van der Waals surface area contributed by atoms with Crippen molar-refractivity contribution in [3.05, 3.63) is 0 Å². The highest BCUT2D eigenvalue weighted by atomic mass is 16.2. The lowest BCUT2D eigenvalue weighted by Crippen LogP contribution is -2.40. The minimum atomic E-state index is 0.179. The lowest BCUT2D eigenvalue weighted by atomic mass is 10.0. The first kappa shape index (κ1) is 14.5. The Kier molecular flexibility index (Phi) is 7.21. The fourth-order valence-corrected chi connectivity index (χ4v) is 2.15. The van der Waals surface area contributed by atoms with Crippen molar-refractivity contribution in [1.29, 1.82) is 0 Å². The van der Waals surface area contributed by atoms with Crippen LogP contribution >= 0.6 is 0 Å². The van der Waals surface area contributed by atoms with Gasteiger partial charge in [-0.05, 0) is 25.4 Å². The Hall–Kier alpha value is -0.610. The Balaban J connectivity index is 2.18. The average Bonchev–Trinajstić information content (AvgIpc) is 2.59. The van der Waals surface area contributed by atoms with Crippen LogP contribution in [0.25, 0.3) is 0 Å². The number of nitrogens with one attached hydrogen (secondary N) is 2. The van der Waals surface area contributed by atoms with Crippen molar-refractivity contribution < 1.29 is 4.79 Å². The van der Waals surface area contributed by atoms with E-state index in [1.54, 1.807) is 0 Å². The summed E-state index contributed by atoms with van der Waals surface area (Å²) in [5.41, 5.74) is 0. The van der Waals surface area contributed by atoms with Crippen LogP contribution in [0.15, 0.2) is 0 Å². The van der Waals surface area contributed by atoms with Crippen molar-refractivity contribution in [2.45, 2.75) is 33.1 Å². The summed E-state index contributed by atoms with van der Waals surface area (Å²) in [6.07, 6.45) is 3.43. The van der Waals surface area contributed by atoms with E-state index in [1.165, 1.54) is 0 Å². The normalized spacial score (nSPS) is 18.1. The van der Waals surface area contributed by atoms with Gasteiger partial charge in [0.05, 0.1) is 6.54 Å². The van der Waals surface area contributed by atoms with Crippen LogP contribution in [0.4, 0.5) is 0 Å². The average molecular weight is 241 g/mol. The zero-order valence-electron chi connectivity index (χ0n) is 11.3. The highest BCUT2D eigenvalue weighted by molar-refractivity contribution is 5.78. The molecular weight excluding hydrogens is 214 g/mol. The first-order valence-electron chi connectivity index (χ1n) is 6.96. The molecule has 1 aliphatic heterocycles. The zero-order valence-corrected chi connectivity index (χ0v) is 11.3. The number of nitrogens with zero attached hydrogens (tertiary/aromatic N) is 1. The fraction of sp³-hybridized carbons (Fsp3) is 0.923. The smallest absolute Gasteiger partial charge is 0.234 e. The summed E-state index contributed by atoms with van der Waals surface area (Å²) in [7, 11) is 0. The fourth-order valence-electron chi connectivity index (χ4n) is 2.15. The van der Waals surface area contributed by atoms with E-state index in [0.29, 0.717) is 12.5 Å². The molecule has 1 amide bonds. The van der Waals surface area contributed by atoms with Gasteiger partial charge in [0.1, 0.15) is 0 Å². The maximum Gasteiger partial charge on any atom is 0.234 e. The van der Waals surface area contributed by atoms with Crippen molar-refractivity contribution in [2.24, 2.45) is 5.92 Å². The third-order valence-corrected chi connectivity index (χ3v) is 3.54. The lowest BCUT2D eigenvalue weighted by Gasteiger charge is -2.20. The minimum absolute atomic E-state index is 0.179. The maximum atomic E-state index is 11.8. The van der Waals surface area contributed by atoms with E-state index in [9.17, 15) is 4.79 Å². The quantitative estimate of drug-likeness (QED) is 0.724. The first-order chi connectivity index (χ1) is 8.26. The number of carbonyl (C=O) groups excluding carboxylic acids is 1. The molecule has 0 aromatic heterocycles. The number of hydrogen-bond acceptors (Lipinski definition) is 3. The Morgan fingerprint density at radius 3 is 2.76 bits per heavy atom. The molecule has 0 aliphatic carbocycles. The number of amides is 1. The van der Waals surface area contributed by atoms with Crippen molar-refractivity contribution in [1.82, 2.24) is 15.5 Å². The molecule has 0 spiro atoms. The molecule has 1 saturated heterocycles. The lowest BCUT2D eigenvalue weighted by molar-refractivity contribution is -0.122. The van der Waals surface area contributed by atoms with Gasteiger partial charge in [0.25, 0.3) is 0 Å². The Morgan fingerprint density at radius 2 is 2.06 bits per heavy atom. The summed E-state index contributed by atoms with van der Waals surface area (Å²) in [4.78, 5) is 14.0. The molecule has 0 radical (unpaired) electrons. The van der Waals surface area contributed by atoms with Crippen LogP contribution in [0.1, 0.15) is 33.1 Å². The molecule has 1 aliphatic rings. The van der Waals surface area contributed by atoms with Gasteiger partial charge in [-0.15, -0.1) is 0 Å². The standard InChI is InChI=1S/C13H27N3O/c1-3-12(4-2)10-15-13(17)11-16-8-5-6-14-7-9-16/h12,14H,3-11H2,1-2H3,(H,15,17). The van der Waals surface area contributed by atoms with Crippen LogP contribution < -0.4 is 10.6 Å². The molecule has 2 N–H and O–H groups in total. The molecule has 0 atom stereocenters. The molecule has 4 heteroatoms. The number of carbonyl (C=O) groups is 1. The molecule has 1 heterocycles. The monoisotopic (exact) mass is 241 g/mol. The van der Waals surface area contributed by atoms with Crippen LogP contribution in [0, 0.1) is 5.92 Å². The summed E-state index contributed by atoms with van der Waals surface area (Å²) in [6, 6.07) is 0. The molecule has 0 bridgehead atoms. The second-order valence-electron chi connectivity index (χ2n) is 4.87. The van der Waals surface area contributed by atoms with Crippen molar-refractivity contribution in [3.63, 3.8) is 0 Å². The van der Waals surface area contributed by atoms with Crippen LogP contribution in [0.3, 0.4) is 0 Å². The second kappa shape index (κ2) is 8.48. The molecule has 1 fully saturated rings. The van der Waals surface area contributed by atoms with Gasteiger partial charge >= 0.3 is 0 Å². The van der Waals surface area contributed by atoms with E-state index >= 15 is 0 Å². The zero-order chi connectivity index (χ0) is 12.5. The largest absolute Gasteiger partial charge is 0.355 e. The summed E-state index contributed by atoms with van der Waals surface area (Å²) >= 11 is 0. The summed E-state index contributed by atoms with van der Waals surface area (Å²) in [6.45, 7) is 9.84. The summed E-state index contributed by atoms with van der Waals surface area (Å²) in [5.74, 6) is 0.809. The number of hydrogen-bond donors (Lipinski definition) is 2. The molecule has 17 heavy (non-hydrogen) atoms. The molecule has 0 unspecified atom stereocenters. The van der Waals surface area contributed by atoms with Gasteiger partial charge in [-0.2, -0.15) is 0 Å².